The largest absolute Gasteiger partial charge is 0.492 e. The number of benzene rings is 2. The average Bonchev–Trinajstić information content (AvgIpc) is 2.66. The fourth-order valence-corrected chi connectivity index (χ4v) is 2.35. The molecule has 0 fully saturated rings. The van der Waals surface area contributed by atoms with E-state index in [2.05, 4.69) is 10.6 Å². The third kappa shape index (κ3) is 5.64. The summed E-state index contributed by atoms with van der Waals surface area (Å²) >= 11 is 0. The summed E-state index contributed by atoms with van der Waals surface area (Å²) in [6.07, 6.45) is 0. The summed E-state index contributed by atoms with van der Waals surface area (Å²) in [4.78, 5) is 24.4. The van der Waals surface area contributed by atoms with Gasteiger partial charge in [-0.1, -0.05) is 12.1 Å². The molecule has 0 heterocycles. The molecule has 2 aromatic rings. The van der Waals surface area contributed by atoms with Crippen molar-refractivity contribution >= 4 is 23.2 Å². The second-order valence-corrected chi connectivity index (χ2v) is 5.36. The van der Waals surface area contributed by atoms with Crippen LogP contribution in [-0.4, -0.2) is 31.6 Å². The first kappa shape index (κ1) is 20.1. The van der Waals surface area contributed by atoms with E-state index in [4.69, 9.17) is 14.2 Å². The average molecular weight is 372 g/mol. The number of carbonyl (C=O) groups is 2. The molecule has 2 amide bonds. The molecular weight excluding hydrogens is 348 g/mol. The predicted octanol–water partition coefficient (Wildman–Crippen LogP) is 3.46. The van der Waals surface area contributed by atoms with Crippen molar-refractivity contribution in [2.45, 2.75) is 20.8 Å². The van der Waals surface area contributed by atoms with Gasteiger partial charge in [0.05, 0.1) is 25.5 Å². The zero-order valence-electron chi connectivity index (χ0n) is 15.7. The molecule has 0 spiro atoms. The van der Waals surface area contributed by atoms with Crippen LogP contribution in [0.4, 0.5) is 11.4 Å². The quantitative estimate of drug-likeness (QED) is 0.693. The van der Waals surface area contributed by atoms with Gasteiger partial charge in [0, 0.05) is 11.8 Å². The number of hydrogen-bond donors (Lipinski definition) is 2. The van der Waals surface area contributed by atoms with Gasteiger partial charge in [-0.15, -0.1) is 0 Å². The summed E-state index contributed by atoms with van der Waals surface area (Å²) in [5, 5.41) is 5.11. The minimum Gasteiger partial charge on any atom is -0.492 e. The van der Waals surface area contributed by atoms with E-state index in [1.165, 1.54) is 0 Å². The van der Waals surface area contributed by atoms with Crippen LogP contribution in [0.2, 0.25) is 0 Å². The van der Waals surface area contributed by atoms with Gasteiger partial charge in [-0.25, -0.2) is 0 Å². The van der Waals surface area contributed by atoms with Gasteiger partial charge in [0.25, 0.3) is 0 Å². The molecule has 0 bridgehead atoms. The molecule has 0 unspecified atom stereocenters. The number of anilines is 2. The first-order valence-electron chi connectivity index (χ1n) is 8.82. The number of para-hydroxylation sites is 2. The maximum absolute atomic E-state index is 12.2. The van der Waals surface area contributed by atoms with Crippen LogP contribution in [-0.2, 0) is 9.59 Å². The summed E-state index contributed by atoms with van der Waals surface area (Å²) in [7, 11) is 0. The van der Waals surface area contributed by atoms with Crippen LogP contribution in [0, 0.1) is 0 Å². The lowest BCUT2D eigenvalue weighted by Crippen LogP contribution is -2.29. The number of hydrogen-bond acceptors (Lipinski definition) is 5. The van der Waals surface area contributed by atoms with Crippen LogP contribution < -0.4 is 24.8 Å². The van der Waals surface area contributed by atoms with Crippen LogP contribution >= 0.6 is 0 Å². The Labute approximate surface area is 158 Å². The van der Waals surface area contributed by atoms with E-state index in [9.17, 15) is 9.59 Å². The van der Waals surface area contributed by atoms with Crippen molar-refractivity contribution in [2.75, 3.05) is 30.5 Å². The number of nitrogens with one attached hydrogen (secondary N) is 2. The first-order chi connectivity index (χ1) is 13.1. The van der Waals surface area contributed by atoms with Gasteiger partial charge in [0.15, 0.2) is 11.5 Å². The highest BCUT2D eigenvalue weighted by molar-refractivity contribution is 6.43. The van der Waals surface area contributed by atoms with Gasteiger partial charge in [-0.05, 0) is 45.0 Å². The molecule has 2 rings (SSSR count). The minimum atomic E-state index is -0.798. The van der Waals surface area contributed by atoms with Crippen molar-refractivity contribution in [2.24, 2.45) is 0 Å². The van der Waals surface area contributed by atoms with Crippen molar-refractivity contribution in [1.29, 1.82) is 0 Å². The number of amides is 2. The highest BCUT2D eigenvalue weighted by Crippen LogP contribution is 2.30. The first-order valence-corrected chi connectivity index (χ1v) is 8.82. The van der Waals surface area contributed by atoms with Gasteiger partial charge in [-0.2, -0.15) is 0 Å². The van der Waals surface area contributed by atoms with Crippen LogP contribution in [0.3, 0.4) is 0 Å². The van der Waals surface area contributed by atoms with Crippen LogP contribution in [0.15, 0.2) is 42.5 Å². The summed E-state index contributed by atoms with van der Waals surface area (Å²) in [6.45, 7) is 6.96. The Bertz CT molecular complexity index is 792. The smallest absolute Gasteiger partial charge is 0.314 e. The standard InChI is InChI=1S/C20H24N2O5/c1-4-25-16-10-8-7-9-15(16)22-20(24)19(23)21-14-11-12-17(26-5-2)18(13-14)27-6-3/h7-13H,4-6H2,1-3H3,(H,21,23)(H,22,24). The molecule has 0 aliphatic rings. The van der Waals surface area contributed by atoms with Crippen LogP contribution in [0.25, 0.3) is 0 Å². The zero-order valence-corrected chi connectivity index (χ0v) is 15.7. The van der Waals surface area contributed by atoms with Gasteiger partial charge >= 0.3 is 11.8 Å². The number of rotatable bonds is 8. The van der Waals surface area contributed by atoms with E-state index >= 15 is 0 Å². The number of carbonyl (C=O) groups excluding carboxylic acids is 2. The molecule has 0 radical (unpaired) electrons. The second kappa shape index (κ2) is 10.1. The summed E-state index contributed by atoms with van der Waals surface area (Å²) in [5.74, 6) is -0.0190. The molecule has 27 heavy (non-hydrogen) atoms. The summed E-state index contributed by atoms with van der Waals surface area (Å²) in [5.41, 5.74) is 0.862. The molecule has 7 heteroatoms. The molecule has 2 N–H and O–H groups in total. The lowest BCUT2D eigenvalue weighted by Gasteiger charge is -2.13. The van der Waals surface area contributed by atoms with Crippen molar-refractivity contribution < 1.29 is 23.8 Å². The van der Waals surface area contributed by atoms with E-state index < -0.39 is 11.8 Å². The third-order valence-electron chi connectivity index (χ3n) is 3.44. The second-order valence-electron chi connectivity index (χ2n) is 5.36. The van der Waals surface area contributed by atoms with E-state index in [0.29, 0.717) is 48.4 Å². The minimum absolute atomic E-state index is 0.431. The van der Waals surface area contributed by atoms with Crippen molar-refractivity contribution in [3.05, 3.63) is 42.5 Å². The summed E-state index contributed by atoms with van der Waals surface area (Å²) < 4.78 is 16.4. The Hall–Kier alpha value is -3.22. The lowest BCUT2D eigenvalue weighted by atomic mass is 10.2. The molecule has 144 valence electrons. The van der Waals surface area contributed by atoms with E-state index in [0.717, 1.165) is 0 Å². The van der Waals surface area contributed by atoms with Crippen LogP contribution in [0.1, 0.15) is 20.8 Å². The normalized spacial score (nSPS) is 10.0. The molecule has 0 aliphatic carbocycles. The molecule has 0 saturated heterocycles. The zero-order chi connectivity index (χ0) is 19.6. The highest BCUT2D eigenvalue weighted by Gasteiger charge is 2.17. The summed E-state index contributed by atoms with van der Waals surface area (Å²) in [6, 6.07) is 11.9. The van der Waals surface area contributed by atoms with E-state index in [1.807, 2.05) is 20.8 Å². The Morgan fingerprint density at radius 1 is 0.741 bits per heavy atom. The molecule has 0 aliphatic heterocycles. The fourth-order valence-electron chi connectivity index (χ4n) is 2.35. The fraction of sp³-hybridized carbons (Fsp3) is 0.300. The Kier molecular flexibility index (Phi) is 7.49. The molecule has 0 saturated carbocycles. The Morgan fingerprint density at radius 2 is 1.33 bits per heavy atom. The van der Waals surface area contributed by atoms with Crippen molar-refractivity contribution in [1.82, 2.24) is 0 Å². The predicted molar refractivity (Wildman–Crippen MR) is 104 cm³/mol. The Balaban J connectivity index is 2.08. The van der Waals surface area contributed by atoms with Gasteiger partial charge in [0.2, 0.25) is 0 Å². The van der Waals surface area contributed by atoms with Crippen molar-refractivity contribution in [3.63, 3.8) is 0 Å². The molecule has 0 atom stereocenters. The topological polar surface area (TPSA) is 85.9 Å². The van der Waals surface area contributed by atoms with Crippen molar-refractivity contribution in [3.8, 4) is 17.2 Å². The van der Waals surface area contributed by atoms with Gasteiger partial charge in [0.1, 0.15) is 5.75 Å². The maximum atomic E-state index is 12.2. The third-order valence-corrected chi connectivity index (χ3v) is 3.44. The van der Waals surface area contributed by atoms with Gasteiger partial charge in [-0.3, -0.25) is 9.59 Å². The maximum Gasteiger partial charge on any atom is 0.314 e. The lowest BCUT2D eigenvalue weighted by molar-refractivity contribution is -0.133. The molecule has 0 aromatic heterocycles. The molecular formula is C20H24N2O5. The SMILES string of the molecule is CCOc1ccccc1NC(=O)C(=O)Nc1ccc(OCC)c(OCC)c1. The molecule has 7 nitrogen and oxygen atoms in total. The van der Waals surface area contributed by atoms with Gasteiger partial charge < -0.3 is 24.8 Å². The Morgan fingerprint density at radius 3 is 2.04 bits per heavy atom. The van der Waals surface area contributed by atoms with E-state index in [1.54, 1.807) is 42.5 Å². The number of ether oxygens (including phenoxy) is 3. The van der Waals surface area contributed by atoms with E-state index in [-0.39, 0.29) is 0 Å². The highest BCUT2D eigenvalue weighted by atomic mass is 16.5. The molecule has 2 aromatic carbocycles. The van der Waals surface area contributed by atoms with Crippen LogP contribution in [0.5, 0.6) is 17.2 Å². The monoisotopic (exact) mass is 372 g/mol.